The number of nitrogens with zero attached hydrogens (tertiary/aromatic N) is 1. The van der Waals surface area contributed by atoms with Gasteiger partial charge in [-0.1, -0.05) is 18.2 Å². The fourth-order valence-electron chi connectivity index (χ4n) is 2.80. The highest BCUT2D eigenvalue weighted by Gasteiger charge is 2.39. The van der Waals surface area contributed by atoms with Crippen LogP contribution >= 0.6 is 0 Å². The molecule has 5 nitrogen and oxygen atoms in total. The molecule has 0 spiro atoms. The van der Waals surface area contributed by atoms with E-state index in [1.54, 1.807) is 6.07 Å². The molecule has 22 heavy (non-hydrogen) atoms. The molecular formula is C13H18F3N3O2S. The minimum atomic E-state index is -4.42. The molecule has 1 aliphatic rings. The van der Waals surface area contributed by atoms with Gasteiger partial charge in [0.2, 0.25) is 0 Å². The number of hydrogen-bond donors (Lipinski definition) is 2. The fraction of sp³-hybridized carbons (Fsp3) is 0.538. The van der Waals surface area contributed by atoms with Crippen LogP contribution in [0, 0.1) is 0 Å². The fourth-order valence-corrected chi connectivity index (χ4v) is 3.50. The first-order valence-corrected chi connectivity index (χ1v) is 8.24. The number of nitrogens with two attached hydrogens (primary N) is 2. The van der Waals surface area contributed by atoms with Crippen molar-refractivity contribution in [1.29, 1.82) is 0 Å². The van der Waals surface area contributed by atoms with E-state index in [2.05, 4.69) is 0 Å². The highest BCUT2D eigenvalue weighted by Crippen LogP contribution is 2.38. The summed E-state index contributed by atoms with van der Waals surface area (Å²) in [6.45, 7) is 0.436. The third kappa shape index (κ3) is 3.43. The molecular weight excluding hydrogens is 319 g/mol. The molecule has 0 aliphatic carbocycles. The smallest absolute Gasteiger partial charge is 0.330 e. The second kappa shape index (κ2) is 5.80. The molecule has 1 fully saturated rings. The quantitative estimate of drug-likeness (QED) is 0.868. The van der Waals surface area contributed by atoms with Gasteiger partial charge in [-0.3, -0.25) is 0 Å². The molecule has 1 heterocycles. The maximum absolute atomic E-state index is 12.8. The van der Waals surface area contributed by atoms with E-state index in [-0.39, 0.29) is 19.6 Å². The van der Waals surface area contributed by atoms with Crippen molar-refractivity contribution < 1.29 is 21.6 Å². The molecule has 0 unspecified atom stereocenters. The van der Waals surface area contributed by atoms with Gasteiger partial charge in [-0.2, -0.15) is 25.9 Å². The molecule has 124 valence electrons. The van der Waals surface area contributed by atoms with Crippen LogP contribution in [0.4, 0.5) is 13.2 Å². The zero-order valence-electron chi connectivity index (χ0n) is 11.8. The summed E-state index contributed by atoms with van der Waals surface area (Å²) >= 11 is 0. The topological polar surface area (TPSA) is 89.4 Å². The molecule has 1 aromatic rings. The molecule has 1 saturated heterocycles. The lowest BCUT2D eigenvalue weighted by atomic mass is 9.73. The van der Waals surface area contributed by atoms with E-state index in [9.17, 15) is 21.6 Å². The zero-order valence-corrected chi connectivity index (χ0v) is 12.6. The monoisotopic (exact) mass is 337 g/mol. The first kappa shape index (κ1) is 17.2. The van der Waals surface area contributed by atoms with E-state index in [4.69, 9.17) is 10.9 Å². The minimum absolute atomic E-state index is 0.145. The van der Waals surface area contributed by atoms with Crippen molar-refractivity contribution in [1.82, 2.24) is 4.31 Å². The highest BCUT2D eigenvalue weighted by molar-refractivity contribution is 7.86. The van der Waals surface area contributed by atoms with Crippen molar-refractivity contribution in [2.24, 2.45) is 10.9 Å². The van der Waals surface area contributed by atoms with Gasteiger partial charge in [-0.15, -0.1) is 0 Å². The van der Waals surface area contributed by atoms with Crippen LogP contribution in [0.25, 0.3) is 0 Å². The van der Waals surface area contributed by atoms with Crippen molar-refractivity contribution in [3.8, 4) is 0 Å². The lowest BCUT2D eigenvalue weighted by Crippen LogP contribution is -2.50. The first-order valence-electron chi connectivity index (χ1n) is 6.74. The van der Waals surface area contributed by atoms with Gasteiger partial charge < -0.3 is 5.73 Å². The third-order valence-corrected chi connectivity index (χ3v) is 5.32. The summed E-state index contributed by atoms with van der Waals surface area (Å²) in [5.74, 6) is 0. The third-order valence-electron chi connectivity index (χ3n) is 4.23. The second-order valence-corrected chi connectivity index (χ2v) is 7.05. The van der Waals surface area contributed by atoms with Crippen LogP contribution in [0.1, 0.15) is 24.0 Å². The Morgan fingerprint density at radius 3 is 2.27 bits per heavy atom. The van der Waals surface area contributed by atoms with Gasteiger partial charge in [-0.25, -0.2) is 5.14 Å². The molecule has 0 atom stereocenters. The number of rotatable bonds is 3. The van der Waals surface area contributed by atoms with Crippen molar-refractivity contribution >= 4 is 10.2 Å². The standard InChI is InChI=1S/C13H18F3N3O2S/c14-13(15,16)11-3-1-2-10(8-11)12(9-17)4-6-19(7-5-12)22(18,20)21/h1-3,8H,4-7,9,17H2,(H2,18,20,21). The van der Waals surface area contributed by atoms with E-state index in [1.165, 1.54) is 6.07 Å². The number of alkyl halides is 3. The Hall–Kier alpha value is -1.16. The van der Waals surface area contributed by atoms with Crippen molar-refractivity contribution in [2.75, 3.05) is 19.6 Å². The minimum Gasteiger partial charge on any atom is -0.330 e. The molecule has 1 aromatic carbocycles. The van der Waals surface area contributed by atoms with Crippen LogP contribution in [0.3, 0.4) is 0 Å². The predicted octanol–water partition coefficient (Wildman–Crippen LogP) is 1.20. The van der Waals surface area contributed by atoms with Crippen molar-refractivity contribution in [3.05, 3.63) is 35.4 Å². The summed E-state index contributed by atoms with van der Waals surface area (Å²) in [4.78, 5) is 0. The average Bonchev–Trinajstić information content (AvgIpc) is 2.45. The SMILES string of the molecule is NCC1(c2cccc(C(F)(F)F)c2)CCN(S(N)(=O)=O)CC1. The Kier molecular flexibility index (Phi) is 4.54. The van der Waals surface area contributed by atoms with E-state index in [0.717, 1.165) is 16.4 Å². The summed E-state index contributed by atoms with van der Waals surface area (Å²) < 4.78 is 62.3. The summed E-state index contributed by atoms with van der Waals surface area (Å²) in [7, 11) is -3.79. The molecule has 1 aliphatic heterocycles. The maximum atomic E-state index is 12.8. The highest BCUT2D eigenvalue weighted by atomic mass is 32.2. The second-order valence-electron chi connectivity index (χ2n) is 5.51. The van der Waals surface area contributed by atoms with Crippen LogP contribution in [-0.2, 0) is 21.8 Å². The molecule has 4 N–H and O–H groups in total. The lowest BCUT2D eigenvalue weighted by Gasteiger charge is -2.40. The average molecular weight is 337 g/mol. The van der Waals surface area contributed by atoms with E-state index in [0.29, 0.717) is 18.4 Å². The molecule has 0 amide bonds. The molecule has 9 heteroatoms. The number of piperidine rings is 1. The molecule has 0 aromatic heterocycles. The first-order chi connectivity index (χ1) is 10.1. The molecule has 2 rings (SSSR count). The van der Waals surface area contributed by atoms with Gasteiger partial charge >= 0.3 is 6.18 Å². The maximum Gasteiger partial charge on any atom is 0.416 e. The van der Waals surface area contributed by atoms with Crippen LogP contribution in [0.2, 0.25) is 0 Å². The van der Waals surface area contributed by atoms with Crippen LogP contribution < -0.4 is 10.9 Å². The number of halogens is 3. The van der Waals surface area contributed by atoms with Crippen molar-refractivity contribution in [2.45, 2.75) is 24.4 Å². The Morgan fingerprint density at radius 2 is 1.82 bits per heavy atom. The van der Waals surface area contributed by atoms with Gasteiger partial charge in [0, 0.05) is 25.0 Å². The van der Waals surface area contributed by atoms with E-state index < -0.39 is 27.4 Å². The van der Waals surface area contributed by atoms with Gasteiger partial charge in [0.25, 0.3) is 10.2 Å². The van der Waals surface area contributed by atoms with Crippen molar-refractivity contribution in [3.63, 3.8) is 0 Å². The molecule has 0 bridgehead atoms. The Labute approximate surface area is 127 Å². The summed E-state index contributed by atoms with van der Waals surface area (Å²) in [6.07, 6.45) is -3.75. The van der Waals surface area contributed by atoms with Gasteiger partial charge in [0.05, 0.1) is 5.56 Å². The molecule has 0 radical (unpaired) electrons. The van der Waals surface area contributed by atoms with E-state index in [1.807, 2.05) is 0 Å². The summed E-state index contributed by atoms with van der Waals surface area (Å²) in [6, 6.07) is 5.06. The summed E-state index contributed by atoms with van der Waals surface area (Å²) in [5.41, 5.74) is 4.89. The zero-order chi connectivity index (χ0) is 16.6. The Morgan fingerprint density at radius 1 is 1.23 bits per heavy atom. The normalized spacial score (nSPS) is 20.0. The Balaban J connectivity index is 2.30. The predicted molar refractivity (Wildman–Crippen MR) is 76.1 cm³/mol. The summed E-state index contributed by atoms with van der Waals surface area (Å²) in [5, 5.41) is 5.08. The Bertz CT molecular complexity index is 638. The van der Waals surface area contributed by atoms with Gasteiger partial charge in [0.15, 0.2) is 0 Å². The van der Waals surface area contributed by atoms with Gasteiger partial charge in [-0.05, 0) is 24.5 Å². The van der Waals surface area contributed by atoms with Crippen LogP contribution in [0.5, 0.6) is 0 Å². The van der Waals surface area contributed by atoms with Gasteiger partial charge in [0.1, 0.15) is 0 Å². The largest absolute Gasteiger partial charge is 0.416 e. The van der Waals surface area contributed by atoms with E-state index >= 15 is 0 Å². The van der Waals surface area contributed by atoms with Crippen LogP contribution in [0.15, 0.2) is 24.3 Å². The lowest BCUT2D eigenvalue weighted by molar-refractivity contribution is -0.137. The number of hydrogen-bond acceptors (Lipinski definition) is 3. The van der Waals surface area contributed by atoms with Crippen LogP contribution in [-0.4, -0.2) is 32.4 Å². The number of benzene rings is 1. The molecule has 0 saturated carbocycles.